The standard InChI is InChI=1S/C20H28N2O4/c21-10-13-26-18-14-17(24)20(18)8-11-22(12-9-20)19(25)7-6-16(23)15-4-2-1-3-5-15/h1-5,17-18,24H,6-14,21H2/t17-,18+/m1/s1. The fourth-order valence-corrected chi connectivity index (χ4v) is 4.15. The number of likely N-dealkylation sites (tertiary alicyclic amines) is 1. The van der Waals surface area contributed by atoms with Gasteiger partial charge in [-0.25, -0.2) is 0 Å². The van der Waals surface area contributed by atoms with E-state index in [1.54, 1.807) is 12.1 Å². The molecule has 142 valence electrons. The highest BCUT2D eigenvalue weighted by atomic mass is 16.5. The topological polar surface area (TPSA) is 92.9 Å². The lowest BCUT2D eigenvalue weighted by Gasteiger charge is -2.56. The Morgan fingerprint density at radius 3 is 2.50 bits per heavy atom. The number of aliphatic hydroxyl groups is 1. The lowest BCUT2D eigenvalue weighted by molar-refractivity contribution is -0.210. The molecular formula is C20H28N2O4. The summed E-state index contributed by atoms with van der Waals surface area (Å²) in [7, 11) is 0. The quantitative estimate of drug-likeness (QED) is 0.717. The molecule has 1 spiro atoms. The number of nitrogens with zero attached hydrogens (tertiary/aromatic N) is 1. The molecule has 0 bridgehead atoms. The Kier molecular flexibility index (Phi) is 6.06. The van der Waals surface area contributed by atoms with Crippen LogP contribution >= 0.6 is 0 Å². The van der Waals surface area contributed by atoms with Crippen LogP contribution in [0.4, 0.5) is 0 Å². The lowest BCUT2D eigenvalue weighted by atomic mass is 9.58. The average Bonchev–Trinajstić information content (AvgIpc) is 2.69. The lowest BCUT2D eigenvalue weighted by Crippen LogP contribution is -2.62. The number of ether oxygens (including phenoxy) is 1. The van der Waals surface area contributed by atoms with E-state index in [4.69, 9.17) is 10.5 Å². The molecule has 6 heteroatoms. The zero-order valence-corrected chi connectivity index (χ0v) is 15.1. The Bertz CT molecular complexity index is 626. The van der Waals surface area contributed by atoms with Gasteiger partial charge in [-0.15, -0.1) is 0 Å². The molecule has 1 saturated heterocycles. The minimum atomic E-state index is -0.359. The van der Waals surface area contributed by atoms with Gasteiger partial charge in [-0.3, -0.25) is 9.59 Å². The summed E-state index contributed by atoms with van der Waals surface area (Å²) < 4.78 is 5.78. The van der Waals surface area contributed by atoms with Crippen molar-refractivity contribution in [3.8, 4) is 0 Å². The zero-order chi connectivity index (χ0) is 18.6. The maximum Gasteiger partial charge on any atom is 0.223 e. The van der Waals surface area contributed by atoms with Crippen molar-refractivity contribution in [3.05, 3.63) is 35.9 Å². The maximum absolute atomic E-state index is 12.4. The molecule has 2 atom stereocenters. The van der Waals surface area contributed by atoms with Gasteiger partial charge in [0.1, 0.15) is 0 Å². The van der Waals surface area contributed by atoms with Crippen LogP contribution < -0.4 is 5.73 Å². The van der Waals surface area contributed by atoms with Crippen molar-refractivity contribution in [1.29, 1.82) is 0 Å². The molecule has 2 aliphatic rings. The van der Waals surface area contributed by atoms with Gasteiger partial charge in [-0.2, -0.15) is 0 Å². The number of benzene rings is 1. The van der Waals surface area contributed by atoms with E-state index in [9.17, 15) is 14.7 Å². The highest BCUT2D eigenvalue weighted by Crippen LogP contribution is 2.50. The summed E-state index contributed by atoms with van der Waals surface area (Å²) in [5.74, 6) is 0.00876. The van der Waals surface area contributed by atoms with Crippen molar-refractivity contribution < 1.29 is 19.4 Å². The van der Waals surface area contributed by atoms with Gasteiger partial charge in [-0.1, -0.05) is 30.3 Å². The zero-order valence-electron chi connectivity index (χ0n) is 15.1. The van der Waals surface area contributed by atoms with E-state index in [2.05, 4.69) is 0 Å². The fourth-order valence-electron chi connectivity index (χ4n) is 4.15. The predicted molar refractivity (Wildman–Crippen MR) is 97.7 cm³/mol. The number of amides is 1. The van der Waals surface area contributed by atoms with Crippen molar-refractivity contribution in [2.75, 3.05) is 26.2 Å². The molecule has 3 N–H and O–H groups in total. The summed E-state index contributed by atoms with van der Waals surface area (Å²) in [6.07, 6.45) is 2.27. The summed E-state index contributed by atoms with van der Waals surface area (Å²) in [6, 6.07) is 9.07. The molecular weight excluding hydrogens is 332 g/mol. The van der Waals surface area contributed by atoms with E-state index in [1.807, 2.05) is 23.1 Å². The summed E-state index contributed by atoms with van der Waals surface area (Å²) in [6.45, 7) is 2.20. The molecule has 3 rings (SSSR count). The van der Waals surface area contributed by atoms with Crippen LogP contribution in [0.25, 0.3) is 0 Å². The first-order valence-corrected chi connectivity index (χ1v) is 9.42. The number of aliphatic hydroxyl groups excluding tert-OH is 1. The van der Waals surface area contributed by atoms with Gasteiger partial charge in [0.05, 0.1) is 18.8 Å². The molecule has 1 heterocycles. The van der Waals surface area contributed by atoms with E-state index >= 15 is 0 Å². The SMILES string of the molecule is NCCO[C@H]1C[C@@H](O)C12CCN(C(=O)CCC(=O)c1ccccc1)CC2. The Hall–Kier alpha value is -1.76. The van der Waals surface area contributed by atoms with Crippen LogP contribution in [-0.2, 0) is 9.53 Å². The first kappa shape index (κ1) is 19.0. The van der Waals surface area contributed by atoms with Crippen LogP contribution in [0.15, 0.2) is 30.3 Å². The number of hydrogen-bond acceptors (Lipinski definition) is 5. The summed E-state index contributed by atoms with van der Waals surface area (Å²) in [5, 5.41) is 10.3. The smallest absolute Gasteiger partial charge is 0.223 e. The molecule has 2 fully saturated rings. The van der Waals surface area contributed by atoms with Crippen molar-refractivity contribution in [2.24, 2.45) is 11.1 Å². The van der Waals surface area contributed by atoms with Crippen LogP contribution in [0.3, 0.4) is 0 Å². The van der Waals surface area contributed by atoms with Gasteiger partial charge in [0.25, 0.3) is 0 Å². The third-order valence-corrected chi connectivity index (χ3v) is 5.89. The van der Waals surface area contributed by atoms with Gasteiger partial charge in [0.15, 0.2) is 5.78 Å². The molecule has 26 heavy (non-hydrogen) atoms. The van der Waals surface area contributed by atoms with E-state index in [-0.39, 0.29) is 42.2 Å². The van der Waals surface area contributed by atoms with Gasteiger partial charge >= 0.3 is 0 Å². The molecule has 0 unspecified atom stereocenters. The van der Waals surface area contributed by atoms with Crippen molar-refractivity contribution in [3.63, 3.8) is 0 Å². The third-order valence-electron chi connectivity index (χ3n) is 5.89. The average molecular weight is 360 g/mol. The molecule has 1 aliphatic heterocycles. The summed E-state index contributed by atoms with van der Waals surface area (Å²) in [5.41, 5.74) is 5.92. The summed E-state index contributed by atoms with van der Waals surface area (Å²) >= 11 is 0. The number of Topliss-reactive ketones (excluding diaryl/α,β-unsaturated/α-hetero) is 1. The summed E-state index contributed by atoms with van der Waals surface area (Å²) in [4.78, 5) is 26.4. The monoisotopic (exact) mass is 360 g/mol. The molecule has 6 nitrogen and oxygen atoms in total. The maximum atomic E-state index is 12.4. The van der Waals surface area contributed by atoms with Crippen LogP contribution in [0, 0.1) is 5.41 Å². The van der Waals surface area contributed by atoms with Crippen LogP contribution in [0.1, 0.15) is 42.5 Å². The molecule has 1 saturated carbocycles. The van der Waals surface area contributed by atoms with Crippen LogP contribution in [0.2, 0.25) is 0 Å². The highest BCUT2D eigenvalue weighted by molar-refractivity contribution is 5.97. The van der Waals surface area contributed by atoms with E-state index in [1.165, 1.54) is 0 Å². The van der Waals surface area contributed by atoms with Crippen LogP contribution in [0.5, 0.6) is 0 Å². The molecule has 1 amide bonds. The third kappa shape index (κ3) is 3.82. The number of carbonyl (C=O) groups is 2. The minimum absolute atomic E-state index is 0.00269. The molecule has 1 aromatic carbocycles. The van der Waals surface area contributed by atoms with E-state index in [0.717, 1.165) is 12.8 Å². The van der Waals surface area contributed by atoms with Gasteiger partial charge in [0.2, 0.25) is 5.91 Å². The highest BCUT2D eigenvalue weighted by Gasteiger charge is 2.56. The van der Waals surface area contributed by atoms with E-state index < -0.39 is 0 Å². The predicted octanol–water partition coefficient (Wildman–Crippen LogP) is 1.37. The Balaban J connectivity index is 1.47. The van der Waals surface area contributed by atoms with Crippen molar-refractivity contribution in [1.82, 2.24) is 4.90 Å². The number of nitrogens with two attached hydrogens (primary N) is 1. The van der Waals surface area contributed by atoms with Crippen LogP contribution in [-0.4, -0.2) is 60.1 Å². The molecule has 0 aromatic heterocycles. The van der Waals surface area contributed by atoms with Crippen molar-refractivity contribution >= 4 is 11.7 Å². The minimum Gasteiger partial charge on any atom is -0.392 e. The number of piperidine rings is 1. The number of rotatable bonds is 7. The Labute approximate surface area is 154 Å². The molecule has 0 radical (unpaired) electrons. The van der Waals surface area contributed by atoms with E-state index in [0.29, 0.717) is 38.2 Å². The van der Waals surface area contributed by atoms with Gasteiger partial charge in [-0.05, 0) is 12.8 Å². The number of carbonyl (C=O) groups excluding carboxylic acids is 2. The molecule has 1 aliphatic carbocycles. The Morgan fingerprint density at radius 1 is 1.19 bits per heavy atom. The first-order valence-electron chi connectivity index (χ1n) is 9.42. The molecule has 1 aromatic rings. The first-order chi connectivity index (χ1) is 12.6. The fraction of sp³-hybridized carbons (Fsp3) is 0.600. The second-order valence-corrected chi connectivity index (χ2v) is 7.30. The van der Waals surface area contributed by atoms with Gasteiger partial charge in [0, 0.05) is 49.9 Å². The largest absolute Gasteiger partial charge is 0.392 e. The number of ketones is 1. The van der Waals surface area contributed by atoms with Crippen molar-refractivity contribution in [2.45, 2.75) is 44.3 Å². The second-order valence-electron chi connectivity index (χ2n) is 7.30. The van der Waals surface area contributed by atoms with Gasteiger partial charge < -0.3 is 20.5 Å². The Morgan fingerprint density at radius 2 is 1.88 bits per heavy atom. The normalized spacial score (nSPS) is 24.3. The second kappa shape index (κ2) is 8.29. The number of hydrogen-bond donors (Lipinski definition) is 2.